The van der Waals surface area contributed by atoms with E-state index in [9.17, 15) is 0 Å². The fourth-order valence-electron chi connectivity index (χ4n) is 1.35. The summed E-state index contributed by atoms with van der Waals surface area (Å²) in [5.41, 5.74) is 1.19. The first-order chi connectivity index (χ1) is 6.72. The summed E-state index contributed by atoms with van der Waals surface area (Å²) in [5.74, 6) is 1.81. The minimum absolute atomic E-state index is 0.702. The van der Waals surface area contributed by atoms with Crippen molar-refractivity contribution in [2.24, 2.45) is 5.92 Å². The van der Waals surface area contributed by atoms with E-state index < -0.39 is 0 Å². The molecule has 0 aliphatic rings. The van der Waals surface area contributed by atoms with E-state index in [-0.39, 0.29) is 0 Å². The number of aromatic nitrogens is 2. The summed E-state index contributed by atoms with van der Waals surface area (Å²) in [7, 11) is 0. The quantitative estimate of drug-likeness (QED) is 0.730. The lowest BCUT2D eigenvalue weighted by atomic mass is 10.2. The van der Waals surface area contributed by atoms with Crippen LogP contribution < -0.4 is 5.32 Å². The molecule has 0 amide bonds. The van der Waals surface area contributed by atoms with Gasteiger partial charge in [0.2, 0.25) is 0 Å². The third-order valence-electron chi connectivity index (χ3n) is 2.04. The molecule has 80 valence electrons. The second-order valence-corrected chi connectivity index (χ2v) is 4.13. The van der Waals surface area contributed by atoms with Crippen molar-refractivity contribution in [2.45, 2.75) is 40.2 Å². The maximum absolute atomic E-state index is 4.31. The third kappa shape index (κ3) is 3.92. The number of hydrogen-bond acceptors (Lipinski definition) is 2. The van der Waals surface area contributed by atoms with Crippen molar-refractivity contribution in [3.05, 3.63) is 17.7 Å². The van der Waals surface area contributed by atoms with Crippen molar-refractivity contribution in [3.63, 3.8) is 0 Å². The van der Waals surface area contributed by atoms with Gasteiger partial charge in [-0.05, 0) is 18.9 Å². The van der Waals surface area contributed by atoms with Crippen molar-refractivity contribution < 1.29 is 0 Å². The average molecular weight is 195 g/mol. The predicted molar refractivity (Wildman–Crippen MR) is 59.1 cm³/mol. The minimum Gasteiger partial charge on any atom is -0.345 e. The molecule has 1 rings (SSSR count). The summed E-state index contributed by atoms with van der Waals surface area (Å²) in [4.78, 5) is 7.62. The van der Waals surface area contributed by atoms with Gasteiger partial charge in [0.1, 0.15) is 5.82 Å². The van der Waals surface area contributed by atoms with E-state index in [1.54, 1.807) is 0 Å². The smallest absolute Gasteiger partial charge is 0.106 e. The fourth-order valence-corrected chi connectivity index (χ4v) is 1.35. The SMILES string of the molecule is CCCc1ncc(CNCC(C)C)[nH]1. The lowest BCUT2D eigenvalue weighted by molar-refractivity contribution is 0.548. The molecule has 0 saturated carbocycles. The Morgan fingerprint density at radius 1 is 1.50 bits per heavy atom. The molecule has 0 saturated heterocycles. The van der Waals surface area contributed by atoms with Gasteiger partial charge in [-0.15, -0.1) is 0 Å². The monoisotopic (exact) mass is 195 g/mol. The molecule has 1 aromatic heterocycles. The molecular weight excluding hydrogens is 174 g/mol. The molecule has 0 atom stereocenters. The molecule has 0 bridgehead atoms. The number of nitrogens with zero attached hydrogens (tertiary/aromatic N) is 1. The van der Waals surface area contributed by atoms with E-state index in [2.05, 4.69) is 36.1 Å². The van der Waals surface area contributed by atoms with Gasteiger partial charge in [0.05, 0.1) is 0 Å². The molecule has 0 aliphatic heterocycles. The van der Waals surface area contributed by atoms with Gasteiger partial charge in [-0.3, -0.25) is 0 Å². The molecule has 1 heterocycles. The molecule has 0 aliphatic carbocycles. The maximum atomic E-state index is 4.31. The molecule has 3 nitrogen and oxygen atoms in total. The van der Waals surface area contributed by atoms with E-state index in [1.807, 2.05) is 6.20 Å². The molecule has 14 heavy (non-hydrogen) atoms. The first-order valence-electron chi connectivity index (χ1n) is 5.45. The molecular formula is C11H21N3. The van der Waals surface area contributed by atoms with Crippen molar-refractivity contribution in [2.75, 3.05) is 6.54 Å². The van der Waals surface area contributed by atoms with Gasteiger partial charge < -0.3 is 10.3 Å². The summed E-state index contributed by atoms with van der Waals surface area (Å²) >= 11 is 0. The average Bonchev–Trinajstić information content (AvgIpc) is 2.53. The van der Waals surface area contributed by atoms with Crippen LogP contribution in [0.1, 0.15) is 38.7 Å². The number of nitrogens with one attached hydrogen (secondary N) is 2. The molecule has 3 heteroatoms. The van der Waals surface area contributed by atoms with E-state index >= 15 is 0 Å². The number of imidazole rings is 1. The molecule has 0 spiro atoms. The standard InChI is InChI=1S/C11H21N3/c1-4-5-11-13-8-10(14-11)7-12-6-9(2)3/h8-9,12H,4-7H2,1-3H3,(H,13,14). The maximum Gasteiger partial charge on any atom is 0.106 e. The van der Waals surface area contributed by atoms with Crippen LogP contribution in [-0.4, -0.2) is 16.5 Å². The van der Waals surface area contributed by atoms with Gasteiger partial charge in [0, 0.05) is 24.9 Å². The Morgan fingerprint density at radius 3 is 2.93 bits per heavy atom. The Labute approximate surface area is 86.3 Å². The molecule has 2 N–H and O–H groups in total. The zero-order valence-corrected chi connectivity index (χ0v) is 9.43. The summed E-state index contributed by atoms with van der Waals surface area (Å²) in [5, 5.41) is 3.39. The number of hydrogen-bond donors (Lipinski definition) is 2. The van der Waals surface area contributed by atoms with Gasteiger partial charge in [0.15, 0.2) is 0 Å². The summed E-state index contributed by atoms with van der Waals surface area (Å²) in [6.07, 6.45) is 4.12. The van der Waals surface area contributed by atoms with Crippen LogP contribution in [0.4, 0.5) is 0 Å². The fraction of sp³-hybridized carbons (Fsp3) is 0.727. The molecule has 0 radical (unpaired) electrons. The zero-order valence-electron chi connectivity index (χ0n) is 9.43. The number of H-pyrrole nitrogens is 1. The lowest BCUT2D eigenvalue weighted by Crippen LogP contribution is -2.19. The van der Waals surface area contributed by atoms with Crippen molar-refractivity contribution in [3.8, 4) is 0 Å². The van der Waals surface area contributed by atoms with Crippen LogP contribution in [0, 0.1) is 5.92 Å². The highest BCUT2D eigenvalue weighted by Gasteiger charge is 1.99. The Bertz CT molecular complexity index is 253. The zero-order chi connectivity index (χ0) is 10.4. The Morgan fingerprint density at radius 2 is 2.29 bits per heavy atom. The van der Waals surface area contributed by atoms with Crippen LogP contribution in [0.25, 0.3) is 0 Å². The second kappa shape index (κ2) is 5.81. The van der Waals surface area contributed by atoms with E-state index in [0.717, 1.165) is 31.8 Å². The number of aromatic amines is 1. The van der Waals surface area contributed by atoms with Gasteiger partial charge in [-0.2, -0.15) is 0 Å². The van der Waals surface area contributed by atoms with Crippen LogP contribution in [-0.2, 0) is 13.0 Å². The second-order valence-electron chi connectivity index (χ2n) is 4.13. The van der Waals surface area contributed by atoms with Gasteiger partial charge in [0.25, 0.3) is 0 Å². The molecule has 0 aromatic carbocycles. The summed E-state index contributed by atoms with van der Waals surface area (Å²) in [6, 6.07) is 0. The number of rotatable bonds is 6. The van der Waals surface area contributed by atoms with E-state index in [0.29, 0.717) is 5.92 Å². The first-order valence-corrected chi connectivity index (χ1v) is 5.45. The van der Waals surface area contributed by atoms with Crippen LogP contribution in [0.3, 0.4) is 0 Å². The number of aryl methyl sites for hydroxylation is 1. The molecule has 1 aromatic rings. The minimum atomic E-state index is 0.702. The summed E-state index contributed by atoms with van der Waals surface area (Å²) < 4.78 is 0. The molecule has 0 unspecified atom stereocenters. The van der Waals surface area contributed by atoms with Gasteiger partial charge in [-0.25, -0.2) is 4.98 Å². The molecule has 0 fully saturated rings. The van der Waals surface area contributed by atoms with Gasteiger partial charge in [-0.1, -0.05) is 20.8 Å². The normalized spacial score (nSPS) is 11.1. The van der Waals surface area contributed by atoms with Crippen LogP contribution in [0.15, 0.2) is 6.20 Å². The van der Waals surface area contributed by atoms with Gasteiger partial charge >= 0.3 is 0 Å². The highest BCUT2D eigenvalue weighted by Crippen LogP contribution is 2.00. The van der Waals surface area contributed by atoms with Crippen molar-refractivity contribution in [1.82, 2.24) is 15.3 Å². The van der Waals surface area contributed by atoms with Crippen molar-refractivity contribution in [1.29, 1.82) is 0 Å². The first kappa shape index (κ1) is 11.2. The van der Waals surface area contributed by atoms with Crippen molar-refractivity contribution >= 4 is 0 Å². The highest BCUT2D eigenvalue weighted by molar-refractivity contribution is 5.00. The lowest BCUT2D eigenvalue weighted by Gasteiger charge is -2.05. The largest absolute Gasteiger partial charge is 0.345 e. The Balaban J connectivity index is 2.28. The Kier molecular flexibility index (Phi) is 4.66. The van der Waals surface area contributed by atoms with E-state index in [4.69, 9.17) is 0 Å². The highest BCUT2D eigenvalue weighted by atomic mass is 15.0. The topological polar surface area (TPSA) is 40.7 Å². The predicted octanol–water partition coefficient (Wildman–Crippen LogP) is 2.11. The Hall–Kier alpha value is -0.830. The third-order valence-corrected chi connectivity index (χ3v) is 2.04. The van der Waals surface area contributed by atoms with Crippen LogP contribution >= 0.6 is 0 Å². The van der Waals surface area contributed by atoms with Crippen LogP contribution in [0.5, 0.6) is 0 Å². The van der Waals surface area contributed by atoms with E-state index in [1.165, 1.54) is 5.69 Å². The van der Waals surface area contributed by atoms with Crippen LogP contribution in [0.2, 0.25) is 0 Å². The summed E-state index contributed by atoms with van der Waals surface area (Å²) in [6.45, 7) is 8.54.